The summed E-state index contributed by atoms with van der Waals surface area (Å²) >= 11 is 0. The van der Waals surface area contributed by atoms with Crippen LogP contribution in [0.3, 0.4) is 0 Å². The first-order valence-electron chi connectivity index (χ1n) is 6.76. The van der Waals surface area contributed by atoms with Crippen LogP contribution < -0.4 is 10.1 Å². The number of unbranched alkanes of at least 4 members (excludes halogenated alkanes) is 1. The second-order valence-corrected chi connectivity index (χ2v) is 4.62. The van der Waals surface area contributed by atoms with Crippen LogP contribution in [0.15, 0.2) is 12.1 Å². The van der Waals surface area contributed by atoms with E-state index in [1.165, 1.54) is 0 Å². The van der Waals surface area contributed by atoms with Crippen molar-refractivity contribution in [2.45, 2.75) is 46.6 Å². The van der Waals surface area contributed by atoms with Gasteiger partial charge < -0.3 is 10.1 Å². The lowest BCUT2D eigenvalue weighted by Crippen LogP contribution is -2.19. The summed E-state index contributed by atoms with van der Waals surface area (Å²) in [4.78, 5) is 0. The molecule has 0 saturated heterocycles. The fourth-order valence-corrected chi connectivity index (χ4v) is 1.88. The third-order valence-electron chi connectivity index (χ3n) is 3.02. The molecule has 0 heterocycles. The van der Waals surface area contributed by atoms with Crippen LogP contribution in [0.25, 0.3) is 0 Å². The minimum absolute atomic E-state index is 0.0988. The van der Waals surface area contributed by atoms with Gasteiger partial charge in [0.1, 0.15) is 11.6 Å². The Hall–Kier alpha value is -1.09. The van der Waals surface area contributed by atoms with Crippen molar-refractivity contribution in [3.8, 4) is 5.75 Å². The second-order valence-electron chi connectivity index (χ2n) is 4.62. The first-order chi connectivity index (χ1) is 8.60. The molecule has 1 aromatic carbocycles. The molecule has 0 radical (unpaired) electrons. The number of benzene rings is 1. The topological polar surface area (TPSA) is 21.3 Å². The van der Waals surface area contributed by atoms with E-state index in [2.05, 4.69) is 12.2 Å². The molecule has 0 aliphatic carbocycles. The van der Waals surface area contributed by atoms with E-state index in [0.717, 1.165) is 30.7 Å². The molecule has 0 saturated carbocycles. The predicted molar refractivity (Wildman–Crippen MR) is 73.6 cm³/mol. The van der Waals surface area contributed by atoms with Gasteiger partial charge in [-0.1, -0.05) is 20.3 Å². The molecular weight excluding hydrogens is 229 g/mol. The van der Waals surface area contributed by atoms with Crippen LogP contribution in [-0.4, -0.2) is 13.2 Å². The molecule has 2 nitrogen and oxygen atoms in total. The highest BCUT2D eigenvalue weighted by molar-refractivity contribution is 5.40. The molecule has 3 heteroatoms. The maximum atomic E-state index is 13.7. The molecule has 1 aromatic rings. The maximum Gasteiger partial charge on any atom is 0.126 e. The molecule has 0 aliphatic heterocycles. The molecule has 1 atom stereocenters. The molecular formula is C15H24FNO. The van der Waals surface area contributed by atoms with E-state index in [0.29, 0.717) is 12.2 Å². The van der Waals surface area contributed by atoms with Gasteiger partial charge in [0, 0.05) is 11.6 Å². The van der Waals surface area contributed by atoms with Crippen LogP contribution in [0.4, 0.5) is 4.39 Å². The Morgan fingerprint density at radius 1 is 1.33 bits per heavy atom. The van der Waals surface area contributed by atoms with Crippen molar-refractivity contribution in [1.29, 1.82) is 0 Å². The first-order valence-corrected chi connectivity index (χ1v) is 6.76. The average molecular weight is 253 g/mol. The normalized spacial score (nSPS) is 12.5. The van der Waals surface area contributed by atoms with Gasteiger partial charge in [-0.15, -0.1) is 0 Å². The van der Waals surface area contributed by atoms with E-state index in [1.54, 1.807) is 19.1 Å². The van der Waals surface area contributed by atoms with Crippen molar-refractivity contribution in [3.63, 3.8) is 0 Å². The standard InChI is InChI=1S/C15H24FNO/c1-5-7-8-18-15-9-11(3)14(16)10-13(15)12(4)17-6-2/h9-10,12,17H,5-8H2,1-4H3. The zero-order valence-electron chi connectivity index (χ0n) is 11.8. The summed E-state index contributed by atoms with van der Waals surface area (Å²) in [5.74, 6) is 0.633. The first kappa shape index (κ1) is 15.0. The Morgan fingerprint density at radius 3 is 2.67 bits per heavy atom. The summed E-state index contributed by atoms with van der Waals surface area (Å²) < 4.78 is 19.4. The van der Waals surface area contributed by atoms with Crippen molar-refractivity contribution in [2.75, 3.05) is 13.2 Å². The lowest BCUT2D eigenvalue weighted by molar-refractivity contribution is 0.302. The van der Waals surface area contributed by atoms with Gasteiger partial charge in [-0.3, -0.25) is 0 Å². The van der Waals surface area contributed by atoms with Gasteiger partial charge in [0.05, 0.1) is 6.61 Å². The number of ether oxygens (including phenoxy) is 1. The highest BCUT2D eigenvalue weighted by Crippen LogP contribution is 2.28. The van der Waals surface area contributed by atoms with E-state index in [9.17, 15) is 4.39 Å². The molecule has 1 N–H and O–H groups in total. The van der Waals surface area contributed by atoms with Gasteiger partial charge in [0.15, 0.2) is 0 Å². The maximum absolute atomic E-state index is 13.7. The van der Waals surface area contributed by atoms with Gasteiger partial charge >= 0.3 is 0 Å². The van der Waals surface area contributed by atoms with E-state index < -0.39 is 0 Å². The predicted octanol–water partition coefficient (Wildman–Crippen LogP) is 3.98. The van der Waals surface area contributed by atoms with Crippen molar-refractivity contribution in [2.24, 2.45) is 0 Å². The largest absolute Gasteiger partial charge is 0.493 e. The van der Waals surface area contributed by atoms with E-state index >= 15 is 0 Å². The minimum atomic E-state index is -0.169. The SMILES string of the molecule is CCCCOc1cc(C)c(F)cc1C(C)NCC. The fourth-order valence-electron chi connectivity index (χ4n) is 1.88. The smallest absolute Gasteiger partial charge is 0.126 e. The van der Waals surface area contributed by atoms with E-state index in [1.807, 2.05) is 13.8 Å². The summed E-state index contributed by atoms with van der Waals surface area (Å²) in [5.41, 5.74) is 1.53. The lowest BCUT2D eigenvalue weighted by Gasteiger charge is -2.18. The molecule has 0 fully saturated rings. The Balaban J connectivity index is 2.93. The molecule has 0 aliphatic rings. The molecule has 0 bridgehead atoms. The van der Waals surface area contributed by atoms with Gasteiger partial charge in [-0.2, -0.15) is 0 Å². The highest BCUT2D eigenvalue weighted by Gasteiger charge is 2.14. The number of rotatable bonds is 7. The Bertz CT molecular complexity index is 379. The lowest BCUT2D eigenvalue weighted by atomic mass is 10.0. The van der Waals surface area contributed by atoms with E-state index in [4.69, 9.17) is 4.74 Å². The summed E-state index contributed by atoms with van der Waals surface area (Å²) in [6.45, 7) is 9.50. The summed E-state index contributed by atoms with van der Waals surface area (Å²) in [5, 5.41) is 3.29. The molecule has 1 unspecified atom stereocenters. The van der Waals surface area contributed by atoms with Crippen molar-refractivity contribution in [1.82, 2.24) is 5.32 Å². The molecule has 0 aromatic heterocycles. The Kier molecular flexibility index (Phi) is 6.13. The Morgan fingerprint density at radius 2 is 2.06 bits per heavy atom. The van der Waals surface area contributed by atoms with Gasteiger partial charge in [0.25, 0.3) is 0 Å². The fraction of sp³-hybridized carbons (Fsp3) is 0.600. The van der Waals surface area contributed by atoms with Crippen LogP contribution in [0.2, 0.25) is 0 Å². The minimum Gasteiger partial charge on any atom is -0.493 e. The van der Waals surface area contributed by atoms with E-state index in [-0.39, 0.29) is 11.9 Å². The molecule has 18 heavy (non-hydrogen) atoms. The third-order valence-corrected chi connectivity index (χ3v) is 3.02. The van der Waals surface area contributed by atoms with Crippen LogP contribution >= 0.6 is 0 Å². The number of halogens is 1. The summed E-state index contributed by atoms with van der Waals surface area (Å²) in [6, 6.07) is 3.49. The second kappa shape index (κ2) is 7.37. The zero-order valence-corrected chi connectivity index (χ0v) is 11.8. The molecule has 0 amide bonds. The van der Waals surface area contributed by atoms with Gasteiger partial charge in [-0.25, -0.2) is 4.39 Å². The summed E-state index contributed by atoms with van der Waals surface area (Å²) in [7, 11) is 0. The molecule has 0 spiro atoms. The molecule has 1 rings (SSSR count). The van der Waals surface area contributed by atoms with Crippen LogP contribution in [0.1, 0.15) is 50.8 Å². The van der Waals surface area contributed by atoms with Gasteiger partial charge in [0.2, 0.25) is 0 Å². The monoisotopic (exact) mass is 253 g/mol. The van der Waals surface area contributed by atoms with Crippen molar-refractivity contribution >= 4 is 0 Å². The quantitative estimate of drug-likeness (QED) is 0.742. The average Bonchev–Trinajstić information content (AvgIpc) is 2.34. The number of hydrogen-bond donors (Lipinski definition) is 1. The molecule has 102 valence electrons. The zero-order chi connectivity index (χ0) is 13.5. The van der Waals surface area contributed by atoms with Crippen molar-refractivity contribution < 1.29 is 9.13 Å². The third kappa shape index (κ3) is 3.98. The van der Waals surface area contributed by atoms with Crippen molar-refractivity contribution in [3.05, 3.63) is 29.1 Å². The summed E-state index contributed by atoms with van der Waals surface area (Å²) in [6.07, 6.45) is 2.11. The number of aryl methyl sites for hydroxylation is 1. The Labute approximate surface area is 110 Å². The van der Waals surface area contributed by atoms with Crippen LogP contribution in [-0.2, 0) is 0 Å². The van der Waals surface area contributed by atoms with Crippen LogP contribution in [0.5, 0.6) is 5.75 Å². The van der Waals surface area contributed by atoms with Crippen LogP contribution in [0, 0.1) is 12.7 Å². The number of nitrogens with one attached hydrogen (secondary N) is 1. The highest BCUT2D eigenvalue weighted by atomic mass is 19.1. The number of hydrogen-bond acceptors (Lipinski definition) is 2. The van der Waals surface area contributed by atoms with Gasteiger partial charge in [-0.05, 0) is 44.5 Å².